The molecule has 0 saturated carbocycles. The summed E-state index contributed by atoms with van der Waals surface area (Å²) in [5, 5.41) is 11.2. The Morgan fingerprint density at radius 1 is 1.60 bits per heavy atom. The quantitative estimate of drug-likeness (QED) is 0.721. The summed E-state index contributed by atoms with van der Waals surface area (Å²) in [5.74, 6) is 1.67. The standard InChI is InChI=1S/C10H15NO3S/c1-15-7-8-3-4-9(14-8)10(13)11-5-2-6-12/h3-4,12H,2,5-7H2,1H3,(H,11,13). The Morgan fingerprint density at radius 2 is 2.40 bits per heavy atom. The van der Waals surface area contributed by atoms with E-state index in [-0.39, 0.29) is 12.5 Å². The van der Waals surface area contributed by atoms with E-state index in [4.69, 9.17) is 9.52 Å². The van der Waals surface area contributed by atoms with Gasteiger partial charge in [-0.15, -0.1) is 0 Å². The van der Waals surface area contributed by atoms with Crippen LogP contribution in [0.1, 0.15) is 22.7 Å². The van der Waals surface area contributed by atoms with E-state index < -0.39 is 0 Å². The highest BCUT2D eigenvalue weighted by molar-refractivity contribution is 7.97. The SMILES string of the molecule is CSCc1ccc(C(=O)NCCCO)o1. The highest BCUT2D eigenvalue weighted by atomic mass is 32.2. The molecule has 0 aliphatic rings. The van der Waals surface area contributed by atoms with Gasteiger partial charge in [-0.2, -0.15) is 11.8 Å². The van der Waals surface area contributed by atoms with Crippen LogP contribution in [0.25, 0.3) is 0 Å². The summed E-state index contributed by atoms with van der Waals surface area (Å²) in [5.41, 5.74) is 0. The van der Waals surface area contributed by atoms with E-state index >= 15 is 0 Å². The number of hydrogen-bond acceptors (Lipinski definition) is 4. The molecule has 0 fully saturated rings. The van der Waals surface area contributed by atoms with Crippen molar-refractivity contribution >= 4 is 17.7 Å². The number of nitrogens with one attached hydrogen (secondary N) is 1. The maximum Gasteiger partial charge on any atom is 0.286 e. The van der Waals surface area contributed by atoms with Gasteiger partial charge < -0.3 is 14.8 Å². The average Bonchev–Trinajstić information content (AvgIpc) is 2.67. The van der Waals surface area contributed by atoms with Crippen LogP contribution < -0.4 is 5.32 Å². The molecule has 1 heterocycles. The molecular weight excluding hydrogens is 214 g/mol. The molecule has 0 spiro atoms. The fraction of sp³-hybridized carbons (Fsp3) is 0.500. The summed E-state index contributed by atoms with van der Waals surface area (Å²) in [4.78, 5) is 11.4. The first kappa shape index (κ1) is 12.1. The molecule has 0 unspecified atom stereocenters. The zero-order chi connectivity index (χ0) is 11.1. The van der Waals surface area contributed by atoms with Crippen molar-refractivity contribution in [2.24, 2.45) is 0 Å². The molecule has 0 atom stereocenters. The molecule has 4 nitrogen and oxygen atoms in total. The van der Waals surface area contributed by atoms with E-state index in [0.717, 1.165) is 11.5 Å². The number of aliphatic hydroxyl groups excluding tert-OH is 1. The summed E-state index contributed by atoms with van der Waals surface area (Å²) >= 11 is 1.64. The Hall–Kier alpha value is -0.940. The van der Waals surface area contributed by atoms with Crippen LogP contribution >= 0.6 is 11.8 Å². The molecule has 1 rings (SSSR count). The summed E-state index contributed by atoms with van der Waals surface area (Å²) in [7, 11) is 0. The average molecular weight is 229 g/mol. The minimum absolute atomic E-state index is 0.0795. The minimum Gasteiger partial charge on any atom is -0.455 e. The van der Waals surface area contributed by atoms with Gasteiger partial charge in [-0.25, -0.2) is 0 Å². The van der Waals surface area contributed by atoms with Crippen molar-refractivity contribution in [1.82, 2.24) is 5.32 Å². The number of aliphatic hydroxyl groups is 1. The molecule has 0 aliphatic carbocycles. The van der Waals surface area contributed by atoms with Gasteiger partial charge in [0, 0.05) is 13.2 Å². The monoisotopic (exact) mass is 229 g/mol. The Kier molecular flexibility index (Phi) is 5.28. The minimum atomic E-state index is -0.226. The van der Waals surface area contributed by atoms with Crippen molar-refractivity contribution in [3.8, 4) is 0 Å². The lowest BCUT2D eigenvalue weighted by molar-refractivity contribution is 0.0922. The number of carbonyl (C=O) groups is 1. The summed E-state index contributed by atoms with van der Waals surface area (Å²) < 4.78 is 5.32. The number of furan rings is 1. The van der Waals surface area contributed by atoms with Gasteiger partial charge in [-0.3, -0.25) is 4.79 Å². The number of hydrogen-bond donors (Lipinski definition) is 2. The van der Waals surface area contributed by atoms with Crippen molar-refractivity contribution in [3.05, 3.63) is 23.7 Å². The number of amides is 1. The molecule has 0 radical (unpaired) electrons. The maximum atomic E-state index is 11.4. The molecule has 0 bridgehead atoms. The lowest BCUT2D eigenvalue weighted by Crippen LogP contribution is -2.24. The van der Waals surface area contributed by atoms with Crippen molar-refractivity contribution < 1.29 is 14.3 Å². The van der Waals surface area contributed by atoms with Gasteiger partial charge in [0.25, 0.3) is 5.91 Å². The molecule has 5 heteroatoms. The first-order valence-corrected chi connectivity index (χ1v) is 6.14. The van der Waals surface area contributed by atoms with Crippen molar-refractivity contribution in [2.75, 3.05) is 19.4 Å². The van der Waals surface area contributed by atoms with E-state index in [1.165, 1.54) is 0 Å². The van der Waals surface area contributed by atoms with Crippen LogP contribution in [0.5, 0.6) is 0 Å². The Bertz CT molecular complexity index is 311. The van der Waals surface area contributed by atoms with Crippen LogP contribution in [0.4, 0.5) is 0 Å². The van der Waals surface area contributed by atoms with Crippen LogP contribution in [0, 0.1) is 0 Å². The van der Waals surface area contributed by atoms with E-state index in [1.807, 2.05) is 6.26 Å². The third-order valence-electron chi connectivity index (χ3n) is 1.79. The molecule has 0 aromatic carbocycles. The zero-order valence-electron chi connectivity index (χ0n) is 8.66. The second kappa shape index (κ2) is 6.53. The normalized spacial score (nSPS) is 10.3. The smallest absolute Gasteiger partial charge is 0.286 e. The lowest BCUT2D eigenvalue weighted by atomic mass is 10.4. The molecule has 2 N–H and O–H groups in total. The molecular formula is C10H15NO3S. The van der Waals surface area contributed by atoms with Crippen LogP contribution in [-0.4, -0.2) is 30.4 Å². The third kappa shape index (κ3) is 3.97. The first-order chi connectivity index (χ1) is 7.27. The largest absolute Gasteiger partial charge is 0.455 e. The topological polar surface area (TPSA) is 62.5 Å². The summed E-state index contributed by atoms with van der Waals surface area (Å²) in [6.45, 7) is 0.546. The molecule has 84 valence electrons. The molecule has 15 heavy (non-hydrogen) atoms. The second-order valence-electron chi connectivity index (χ2n) is 3.03. The van der Waals surface area contributed by atoms with E-state index in [9.17, 15) is 4.79 Å². The third-order valence-corrected chi connectivity index (χ3v) is 2.37. The highest BCUT2D eigenvalue weighted by Gasteiger charge is 2.09. The Balaban J connectivity index is 2.43. The second-order valence-corrected chi connectivity index (χ2v) is 3.90. The van der Waals surface area contributed by atoms with Gasteiger partial charge in [0.05, 0.1) is 5.75 Å². The fourth-order valence-corrected chi connectivity index (χ4v) is 1.53. The van der Waals surface area contributed by atoms with Gasteiger partial charge >= 0.3 is 0 Å². The summed E-state index contributed by atoms with van der Waals surface area (Å²) in [6, 6.07) is 3.47. The zero-order valence-corrected chi connectivity index (χ0v) is 9.47. The van der Waals surface area contributed by atoms with Gasteiger partial charge in [-0.05, 0) is 24.8 Å². The number of rotatable bonds is 6. The molecule has 1 amide bonds. The van der Waals surface area contributed by atoms with Gasteiger partial charge in [0.1, 0.15) is 5.76 Å². The van der Waals surface area contributed by atoms with Crippen LogP contribution in [-0.2, 0) is 5.75 Å². The summed E-state index contributed by atoms with van der Waals surface area (Å²) in [6.07, 6.45) is 2.54. The van der Waals surface area contributed by atoms with E-state index in [1.54, 1.807) is 23.9 Å². The number of thioether (sulfide) groups is 1. The molecule has 1 aromatic heterocycles. The predicted molar refractivity (Wildman–Crippen MR) is 60.0 cm³/mol. The molecule has 0 saturated heterocycles. The number of carbonyl (C=O) groups excluding carboxylic acids is 1. The van der Waals surface area contributed by atoms with Crippen LogP contribution in [0.15, 0.2) is 16.5 Å². The van der Waals surface area contributed by atoms with Crippen LogP contribution in [0.3, 0.4) is 0 Å². The van der Waals surface area contributed by atoms with Gasteiger partial charge in [0.2, 0.25) is 0 Å². The Labute approximate surface area is 93.0 Å². The van der Waals surface area contributed by atoms with Gasteiger partial charge in [0.15, 0.2) is 5.76 Å². The molecule has 1 aromatic rings. The first-order valence-electron chi connectivity index (χ1n) is 4.74. The predicted octanol–water partition coefficient (Wildman–Crippen LogP) is 1.25. The fourth-order valence-electron chi connectivity index (χ4n) is 1.09. The van der Waals surface area contributed by atoms with Crippen molar-refractivity contribution in [3.63, 3.8) is 0 Å². The van der Waals surface area contributed by atoms with Crippen molar-refractivity contribution in [1.29, 1.82) is 0 Å². The highest BCUT2D eigenvalue weighted by Crippen LogP contribution is 2.13. The lowest BCUT2D eigenvalue weighted by Gasteiger charge is -2.00. The van der Waals surface area contributed by atoms with Crippen molar-refractivity contribution in [2.45, 2.75) is 12.2 Å². The maximum absolute atomic E-state index is 11.4. The van der Waals surface area contributed by atoms with E-state index in [2.05, 4.69) is 5.32 Å². The molecule has 0 aliphatic heterocycles. The Morgan fingerprint density at radius 3 is 3.07 bits per heavy atom. The van der Waals surface area contributed by atoms with E-state index in [0.29, 0.717) is 18.7 Å². The van der Waals surface area contributed by atoms with Crippen LogP contribution in [0.2, 0.25) is 0 Å². The van der Waals surface area contributed by atoms with Gasteiger partial charge in [-0.1, -0.05) is 0 Å².